The fraction of sp³-hybridized carbons (Fsp3) is 0.462. The fourth-order valence-corrected chi connectivity index (χ4v) is 2.41. The molecule has 1 saturated carbocycles. The molecule has 0 spiro atoms. The molecule has 17 heavy (non-hydrogen) atoms. The van der Waals surface area contributed by atoms with Crippen LogP contribution in [0.5, 0.6) is 0 Å². The Bertz CT molecular complexity index is 434. The number of Topliss-reactive ketones (excluding diaryl/α,β-unsaturated/α-hetero) is 1. The molecule has 0 bridgehead atoms. The van der Waals surface area contributed by atoms with E-state index >= 15 is 0 Å². The summed E-state index contributed by atoms with van der Waals surface area (Å²) in [7, 11) is 1.60. The van der Waals surface area contributed by atoms with Gasteiger partial charge in [-0.05, 0) is 37.0 Å². The van der Waals surface area contributed by atoms with Crippen LogP contribution in [0, 0.1) is 0 Å². The van der Waals surface area contributed by atoms with Gasteiger partial charge in [-0.1, -0.05) is 29.3 Å². The van der Waals surface area contributed by atoms with Gasteiger partial charge >= 0.3 is 0 Å². The molecule has 0 atom stereocenters. The molecule has 0 radical (unpaired) electrons. The Labute approximate surface area is 111 Å². The normalized spacial score (nSPS) is 17.6. The van der Waals surface area contributed by atoms with Crippen molar-refractivity contribution < 1.29 is 9.53 Å². The highest BCUT2D eigenvalue weighted by atomic mass is 35.5. The van der Waals surface area contributed by atoms with Crippen LogP contribution in [0.15, 0.2) is 18.2 Å². The minimum absolute atomic E-state index is 0.129. The van der Waals surface area contributed by atoms with E-state index in [9.17, 15) is 4.79 Å². The number of ether oxygens (including phenoxy) is 1. The summed E-state index contributed by atoms with van der Waals surface area (Å²) in [6, 6.07) is 5.28. The monoisotopic (exact) mass is 272 g/mol. The molecule has 0 saturated heterocycles. The summed E-state index contributed by atoms with van der Waals surface area (Å²) >= 11 is 11.8. The Morgan fingerprint density at radius 1 is 1.35 bits per heavy atom. The smallest absolute Gasteiger partial charge is 0.168 e. The number of carbonyl (C=O) groups is 1. The van der Waals surface area contributed by atoms with Gasteiger partial charge < -0.3 is 4.74 Å². The predicted molar refractivity (Wildman–Crippen MR) is 68.8 cm³/mol. The van der Waals surface area contributed by atoms with Crippen LogP contribution in [0.2, 0.25) is 10.0 Å². The highest BCUT2D eigenvalue weighted by Crippen LogP contribution is 2.37. The second-order valence-corrected chi connectivity index (χ2v) is 5.21. The first-order chi connectivity index (χ1) is 8.07. The van der Waals surface area contributed by atoms with Crippen molar-refractivity contribution in [3.8, 4) is 0 Å². The molecule has 1 aromatic rings. The molecule has 4 heteroatoms. The molecule has 1 fully saturated rings. The number of halogens is 2. The molecule has 2 nitrogen and oxygen atoms in total. The summed E-state index contributed by atoms with van der Waals surface area (Å²) in [5.74, 6) is 0.129. The quantitative estimate of drug-likeness (QED) is 0.836. The molecule has 0 aromatic heterocycles. The Kier molecular flexibility index (Phi) is 3.76. The van der Waals surface area contributed by atoms with E-state index in [0.717, 1.165) is 24.8 Å². The topological polar surface area (TPSA) is 26.3 Å². The van der Waals surface area contributed by atoms with Crippen LogP contribution in [0.4, 0.5) is 0 Å². The third-order valence-corrected chi connectivity index (χ3v) is 4.15. The Hall–Kier alpha value is -0.570. The molecular formula is C13H14Cl2O2. The van der Waals surface area contributed by atoms with Crippen LogP contribution in [0.1, 0.15) is 24.8 Å². The molecular weight excluding hydrogens is 259 g/mol. The average Bonchev–Trinajstić information content (AvgIpc) is 2.23. The highest BCUT2D eigenvalue weighted by molar-refractivity contribution is 6.42. The molecule has 0 N–H and O–H groups in total. The average molecular weight is 273 g/mol. The van der Waals surface area contributed by atoms with Crippen molar-refractivity contribution in [2.75, 3.05) is 7.11 Å². The zero-order valence-corrected chi connectivity index (χ0v) is 11.1. The Balaban J connectivity index is 2.10. The molecule has 0 amide bonds. The summed E-state index contributed by atoms with van der Waals surface area (Å²) in [5.41, 5.74) is 0.333. The maximum atomic E-state index is 12.1. The first-order valence-electron chi connectivity index (χ1n) is 5.60. The Morgan fingerprint density at radius 2 is 2.06 bits per heavy atom. The lowest BCUT2D eigenvalue weighted by Gasteiger charge is -2.38. The van der Waals surface area contributed by atoms with E-state index in [0.29, 0.717) is 16.5 Å². The molecule has 1 aliphatic rings. The Morgan fingerprint density at radius 3 is 2.53 bits per heavy atom. The van der Waals surface area contributed by atoms with Crippen molar-refractivity contribution in [3.05, 3.63) is 33.8 Å². The van der Waals surface area contributed by atoms with Crippen LogP contribution in [0.25, 0.3) is 0 Å². The largest absolute Gasteiger partial charge is 0.370 e. The summed E-state index contributed by atoms with van der Waals surface area (Å²) in [4.78, 5) is 12.1. The third kappa shape index (κ3) is 2.49. The van der Waals surface area contributed by atoms with Gasteiger partial charge in [-0.3, -0.25) is 4.79 Å². The molecule has 92 valence electrons. The standard InChI is InChI=1S/C13H14Cl2O2/c1-17-13(5-2-6-13)12(16)8-9-3-4-10(14)11(15)7-9/h3-4,7H,2,5-6,8H2,1H3. The third-order valence-electron chi connectivity index (χ3n) is 3.41. The molecule has 0 heterocycles. The van der Waals surface area contributed by atoms with Gasteiger partial charge in [0, 0.05) is 13.5 Å². The van der Waals surface area contributed by atoms with E-state index in [4.69, 9.17) is 27.9 Å². The molecule has 0 aliphatic heterocycles. The van der Waals surface area contributed by atoms with Crippen molar-refractivity contribution in [2.45, 2.75) is 31.3 Å². The zero-order valence-electron chi connectivity index (χ0n) is 9.63. The van der Waals surface area contributed by atoms with E-state index in [1.54, 1.807) is 19.2 Å². The van der Waals surface area contributed by atoms with Crippen molar-refractivity contribution in [3.63, 3.8) is 0 Å². The van der Waals surface area contributed by atoms with Gasteiger partial charge in [0.1, 0.15) is 5.60 Å². The van der Waals surface area contributed by atoms with Gasteiger partial charge in [-0.15, -0.1) is 0 Å². The minimum atomic E-state index is -0.549. The number of methoxy groups -OCH3 is 1. The number of hydrogen-bond donors (Lipinski definition) is 0. The second-order valence-electron chi connectivity index (χ2n) is 4.40. The molecule has 2 rings (SSSR count). The van der Waals surface area contributed by atoms with Crippen molar-refractivity contribution in [1.29, 1.82) is 0 Å². The fourth-order valence-electron chi connectivity index (χ4n) is 2.09. The van der Waals surface area contributed by atoms with Gasteiger partial charge in [0.15, 0.2) is 5.78 Å². The maximum absolute atomic E-state index is 12.1. The SMILES string of the molecule is COC1(C(=O)Cc2ccc(Cl)c(Cl)c2)CCC1. The van der Waals surface area contributed by atoms with Crippen LogP contribution < -0.4 is 0 Å². The van der Waals surface area contributed by atoms with Gasteiger partial charge in [0.25, 0.3) is 0 Å². The zero-order chi connectivity index (χ0) is 12.5. The number of hydrogen-bond acceptors (Lipinski definition) is 2. The summed E-state index contributed by atoms with van der Waals surface area (Å²) < 4.78 is 5.35. The van der Waals surface area contributed by atoms with Gasteiger partial charge in [-0.25, -0.2) is 0 Å². The van der Waals surface area contributed by atoms with Crippen molar-refractivity contribution in [1.82, 2.24) is 0 Å². The van der Waals surface area contributed by atoms with E-state index in [1.807, 2.05) is 6.07 Å². The van der Waals surface area contributed by atoms with E-state index < -0.39 is 5.60 Å². The molecule has 1 aromatic carbocycles. The summed E-state index contributed by atoms with van der Waals surface area (Å²) in [5, 5.41) is 0.991. The summed E-state index contributed by atoms with van der Waals surface area (Å²) in [6.45, 7) is 0. The van der Waals surface area contributed by atoms with E-state index in [1.165, 1.54) is 0 Å². The lowest BCUT2D eigenvalue weighted by Crippen LogP contribution is -2.47. The van der Waals surface area contributed by atoms with Gasteiger partial charge in [0.05, 0.1) is 10.0 Å². The number of ketones is 1. The van der Waals surface area contributed by atoms with Crippen molar-refractivity contribution in [2.24, 2.45) is 0 Å². The van der Waals surface area contributed by atoms with Gasteiger partial charge in [0.2, 0.25) is 0 Å². The second kappa shape index (κ2) is 4.97. The maximum Gasteiger partial charge on any atom is 0.168 e. The van der Waals surface area contributed by atoms with E-state index in [2.05, 4.69) is 0 Å². The molecule has 1 aliphatic carbocycles. The first-order valence-corrected chi connectivity index (χ1v) is 6.35. The summed E-state index contributed by atoms with van der Waals surface area (Å²) in [6.07, 6.45) is 3.05. The highest BCUT2D eigenvalue weighted by Gasteiger charge is 2.43. The van der Waals surface area contributed by atoms with E-state index in [-0.39, 0.29) is 5.78 Å². The molecule has 0 unspecified atom stereocenters. The van der Waals surface area contributed by atoms with Crippen LogP contribution in [0.3, 0.4) is 0 Å². The number of carbonyl (C=O) groups excluding carboxylic acids is 1. The number of rotatable bonds is 4. The first kappa shape index (κ1) is 12.9. The van der Waals surface area contributed by atoms with Crippen LogP contribution in [-0.2, 0) is 16.0 Å². The predicted octanol–water partition coefficient (Wildman–Crippen LogP) is 3.67. The number of benzene rings is 1. The van der Waals surface area contributed by atoms with Crippen molar-refractivity contribution >= 4 is 29.0 Å². The minimum Gasteiger partial charge on any atom is -0.370 e. The van der Waals surface area contributed by atoms with Crippen LogP contribution >= 0.6 is 23.2 Å². The van der Waals surface area contributed by atoms with Crippen LogP contribution in [-0.4, -0.2) is 18.5 Å². The van der Waals surface area contributed by atoms with Gasteiger partial charge in [-0.2, -0.15) is 0 Å². The lowest BCUT2D eigenvalue weighted by atomic mass is 9.75. The lowest BCUT2D eigenvalue weighted by molar-refractivity contribution is -0.151.